The van der Waals surface area contributed by atoms with Crippen molar-refractivity contribution in [3.05, 3.63) is 29.8 Å². The smallest absolute Gasteiger partial charge is 0.269 e. The summed E-state index contributed by atoms with van der Waals surface area (Å²) in [7, 11) is 0. The van der Waals surface area contributed by atoms with Crippen LogP contribution in [0.4, 0.5) is 4.39 Å². The fourth-order valence-corrected chi connectivity index (χ4v) is 1.52. The number of hydrogen-bond acceptors (Lipinski definition) is 3. The first-order chi connectivity index (χ1) is 8.17. The number of amides is 1. The number of halogens is 1. The van der Waals surface area contributed by atoms with Crippen LogP contribution in [0.3, 0.4) is 0 Å². The van der Waals surface area contributed by atoms with E-state index in [1.807, 2.05) is 0 Å². The van der Waals surface area contributed by atoms with Crippen molar-refractivity contribution < 1.29 is 9.18 Å². The molecule has 0 radical (unpaired) electrons. The van der Waals surface area contributed by atoms with E-state index in [1.54, 1.807) is 0 Å². The number of nitrogens with one attached hydrogen (secondary N) is 1. The van der Waals surface area contributed by atoms with Crippen LogP contribution in [0.2, 0.25) is 0 Å². The maximum atomic E-state index is 12.6. The summed E-state index contributed by atoms with van der Waals surface area (Å²) in [4.78, 5) is 15.4. The molecule has 0 spiro atoms. The Morgan fingerprint density at radius 2 is 2.35 bits per heavy atom. The van der Waals surface area contributed by atoms with E-state index in [1.165, 1.54) is 12.1 Å². The second-order valence-electron chi connectivity index (χ2n) is 3.92. The van der Waals surface area contributed by atoms with Gasteiger partial charge in [-0.15, -0.1) is 0 Å². The summed E-state index contributed by atoms with van der Waals surface area (Å²) >= 11 is 0. The summed E-state index contributed by atoms with van der Waals surface area (Å²) in [5.41, 5.74) is 5.70. The molecule has 0 saturated heterocycles. The third-order valence-electron chi connectivity index (χ3n) is 2.66. The third kappa shape index (κ3) is 4.48. The van der Waals surface area contributed by atoms with Crippen LogP contribution in [0, 0.1) is 11.7 Å². The fourth-order valence-electron chi connectivity index (χ4n) is 1.52. The van der Waals surface area contributed by atoms with Crippen molar-refractivity contribution in [2.75, 3.05) is 13.1 Å². The maximum Gasteiger partial charge on any atom is 0.269 e. The molecule has 0 saturated carbocycles. The normalized spacial score (nSPS) is 12.2. The summed E-state index contributed by atoms with van der Waals surface area (Å²) in [6, 6.07) is 2.59. The average Bonchev–Trinajstić information content (AvgIpc) is 2.35. The summed E-state index contributed by atoms with van der Waals surface area (Å²) in [5, 5.41) is 2.77. The molecule has 1 aromatic rings. The van der Waals surface area contributed by atoms with E-state index >= 15 is 0 Å². The first kappa shape index (κ1) is 13.6. The molecule has 1 rings (SSSR count). The Bertz CT molecular complexity index is 353. The zero-order valence-corrected chi connectivity index (χ0v) is 9.95. The fraction of sp³-hybridized carbons (Fsp3) is 0.500. The summed E-state index contributed by atoms with van der Waals surface area (Å²) < 4.78 is 12.6. The molecule has 4 nitrogen and oxygen atoms in total. The molecule has 0 bridgehead atoms. The molecule has 0 fully saturated rings. The Balaban J connectivity index is 2.46. The van der Waals surface area contributed by atoms with Crippen molar-refractivity contribution in [2.24, 2.45) is 11.7 Å². The lowest BCUT2D eigenvalue weighted by atomic mass is 10.0. The van der Waals surface area contributed by atoms with Crippen LogP contribution in [-0.2, 0) is 0 Å². The van der Waals surface area contributed by atoms with Gasteiger partial charge in [-0.05, 0) is 31.0 Å². The van der Waals surface area contributed by atoms with E-state index in [0.717, 1.165) is 19.0 Å². The molecule has 3 N–H and O–H groups in total. The van der Waals surface area contributed by atoms with Gasteiger partial charge in [0, 0.05) is 6.54 Å². The van der Waals surface area contributed by atoms with Gasteiger partial charge in [-0.3, -0.25) is 4.79 Å². The van der Waals surface area contributed by atoms with Crippen molar-refractivity contribution in [3.63, 3.8) is 0 Å². The van der Waals surface area contributed by atoms with Gasteiger partial charge in [0.25, 0.3) is 5.91 Å². The molecule has 0 aliphatic rings. The summed E-state index contributed by atoms with van der Waals surface area (Å²) in [5.74, 6) is -0.346. The van der Waals surface area contributed by atoms with Gasteiger partial charge in [-0.1, -0.05) is 13.3 Å². The zero-order chi connectivity index (χ0) is 12.7. The largest absolute Gasteiger partial charge is 0.350 e. The Hall–Kier alpha value is -1.49. The molecule has 1 aromatic heterocycles. The van der Waals surface area contributed by atoms with Gasteiger partial charge in [0.2, 0.25) is 0 Å². The Morgan fingerprint density at radius 3 is 2.88 bits per heavy atom. The first-order valence-corrected chi connectivity index (χ1v) is 5.77. The lowest BCUT2D eigenvalue weighted by Gasteiger charge is -2.14. The lowest BCUT2D eigenvalue weighted by Crippen LogP contribution is -2.30. The highest BCUT2D eigenvalue weighted by molar-refractivity contribution is 5.92. The number of hydrogen-bond donors (Lipinski definition) is 2. The van der Waals surface area contributed by atoms with E-state index in [0.29, 0.717) is 19.0 Å². The van der Waals surface area contributed by atoms with Crippen molar-refractivity contribution in [2.45, 2.75) is 19.8 Å². The molecule has 0 aromatic carbocycles. The van der Waals surface area contributed by atoms with Gasteiger partial charge in [-0.2, -0.15) is 0 Å². The predicted octanol–water partition coefficient (Wildman–Crippen LogP) is 1.33. The highest BCUT2D eigenvalue weighted by atomic mass is 19.1. The van der Waals surface area contributed by atoms with Crippen LogP contribution in [0.1, 0.15) is 30.3 Å². The standard InChI is InChI=1S/C12H18FN3O/c1-2-9(5-6-14)7-16-12(17)11-4-3-10(13)8-15-11/h3-4,8-9H,2,5-7,14H2,1H3,(H,16,17). The molecular weight excluding hydrogens is 221 g/mol. The number of rotatable bonds is 6. The van der Waals surface area contributed by atoms with Crippen LogP contribution in [0.15, 0.2) is 18.3 Å². The minimum atomic E-state index is -0.448. The van der Waals surface area contributed by atoms with Crippen molar-refractivity contribution in [1.29, 1.82) is 0 Å². The van der Waals surface area contributed by atoms with Gasteiger partial charge in [0.05, 0.1) is 6.20 Å². The van der Waals surface area contributed by atoms with E-state index in [4.69, 9.17) is 5.73 Å². The van der Waals surface area contributed by atoms with E-state index in [9.17, 15) is 9.18 Å². The van der Waals surface area contributed by atoms with Crippen molar-refractivity contribution in [3.8, 4) is 0 Å². The molecule has 1 atom stereocenters. The molecule has 0 aliphatic carbocycles. The molecule has 1 unspecified atom stereocenters. The highest BCUT2D eigenvalue weighted by Gasteiger charge is 2.10. The topological polar surface area (TPSA) is 68.0 Å². The molecule has 5 heteroatoms. The number of pyridine rings is 1. The van der Waals surface area contributed by atoms with Gasteiger partial charge in [0.15, 0.2) is 0 Å². The first-order valence-electron chi connectivity index (χ1n) is 5.77. The van der Waals surface area contributed by atoms with Crippen LogP contribution in [0.5, 0.6) is 0 Å². The third-order valence-corrected chi connectivity index (χ3v) is 2.66. The second-order valence-corrected chi connectivity index (χ2v) is 3.92. The molecule has 17 heavy (non-hydrogen) atoms. The minimum Gasteiger partial charge on any atom is -0.350 e. The SMILES string of the molecule is CCC(CCN)CNC(=O)c1ccc(F)cn1. The average molecular weight is 239 g/mol. The van der Waals surface area contributed by atoms with Crippen LogP contribution >= 0.6 is 0 Å². The zero-order valence-electron chi connectivity index (χ0n) is 9.95. The van der Waals surface area contributed by atoms with Gasteiger partial charge >= 0.3 is 0 Å². The van der Waals surface area contributed by atoms with E-state index < -0.39 is 5.82 Å². The van der Waals surface area contributed by atoms with Crippen LogP contribution < -0.4 is 11.1 Å². The number of nitrogens with zero attached hydrogens (tertiary/aromatic N) is 1. The van der Waals surface area contributed by atoms with E-state index in [-0.39, 0.29) is 11.6 Å². The quantitative estimate of drug-likeness (QED) is 0.786. The molecule has 1 amide bonds. The van der Waals surface area contributed by atoms with Crippen molar-refractivity contribution >= 4 is 5.91 Å². The predicted molar refractivity (Wildman–Crippen MR) is 64.0 cm³/mol. The molecule has 94 valence electrons. The summed E-state index contributed by atoms with van der Waals surface area (Å²) in [6.45, 7) is 3.25. The van der Waals surface area contributed by atoms with Crippen LogP contribution in [-0.4, -0.2) is 24.0 Å². The Kier molecular flexibility index (Phi) is 5.56. The molecule has 1 heterocycles. The summed E-state index contributed by atoms with van der Waals surface area (Å²) in [6.07, 6.45) is 2.88. The van der Waals surface area contributed by atoms with Gasteiger partial charge < -0.3 is 11.1 Å². The number of aromatic nitrogens is 1. The van der Waals surface area contributed by atoms with E-state index in [2.05, 4.69) is 17.2 Å². The molecule has 0 aliphatic heterocycles. The molecular formula is C12H18FN3O. The number of carbonyl (C=O) groups is 1. The van der Waals surface area contributed by atoms with Gasteiger partial charge in [0.1, 0.15) is 11.5 Å². The van der Waals surface area contributed by atoms with Crippen LogP contribution in [0.25, 0.3) is 0 Å². The number of nitrogens with two attached hydrogens (primary N) is 1. The monoisotopic (exact) mass is 239 g/mol. The number of carbonyl (C=O) groups excluding carboxylic acids is 1. The Labute approximate surface area is 100 Å². The second kappa shape index (κ2) is 6.96. The Morgan fingerprint density at radius 1 is 1.59 bits per heavy atom. The van der Waals surface area contributed by atoms with Crippen molar-refractivity contribution in [1.82, 2.24) is 10.3 Å². The minimum absolute atomic E-state index is 0.231. The highest BCUT2D eigenvalue weighted by Crippen LogP contribution is 2.05. The van der Waals surface area contributed by atoms with Gasteiger partial charge in [-0.25, -0.2) is 9.37 Å². The lowest BCUT2D eigenvalue weighted by molar-refractivity contribution is 0.0941. The maximum absolute atomic E-state index is 12.6.